The molecule has 7 heteroatoms. The maximum absolute atomic E-state index is 13.6. The Hall–Kier alpha value is -1.05. The molecular weight excluding hydrogens is 377 g/mol. The summed E-state index contributed by atoms with van der Waals surface area (Å²) in [6.45, 7) is 1.57. The lowest BCUT2D eigenvalue weighted by molar-refractivity contribution is 0.601. The van der Waals surface area contributed by atoms with E-state index in [9.17, 15) is 12.8 Å². The summed E-state index contributed by atoms with van der Waals surface area (Å²) in [7, 11) is -3.31. The average molecular weight is 390 g/mol. The van der Waals surface area contributed by atoms with Crippen LogP contribution in [0.4, 0.5) is 10.1 Å². The predicted molar refractivity (Wildman–Crippen MR) is 87.7 cm³/mol. The van der Waals surface area contributed by atoms with Crippen LogP contribution in [0.25, 0.3) is 0 Å². The number of benzene rings is 2. The Morgan fingerprint density at radius 2 is 1.90 bits per heavy atom. The van der Waals surface area contributed by atoms with E-state index in [1.54, 1.807) is 43.3 Å². The molecule has 1 N–H and O–H groups in total. The molecule has 0 atom stereocenters. The van der Waals surface area contributed by atoms with Gasteiger partial charge in [-0.05, 0) is 53.2 Å². The molecule has 0 aromatic heterocycles. The third-order valence-corrected chi connectivity index (χ3v) is 5.99. The summed E-state index contributed by atoms with van der Waals surface area (Å²) in [5.41, 5.74) is 0.474. The second-order valence-corrected chi connectivity index (χ2v) is 8.13. The molecule has 21 heavy (non-hydrogen) atoms. The maximum Gasteiger partial charge on any atom is 0.232 e. The number of sulfonamides is 1. The summed E-state index contributed by atoms with van der Waals surface area (Å²) in [5, 5.41) is 0. The SMILES string of the molecule is CCS(=O)(=O)Nc1ccc(Sc2ccccc2F)c(Br)c1. The van der Waals surface area contributed by atoms with Crippen molar-refractivity contribution < 1.29 is 12.8 Å². The Morgan fingerprint density at radius 3 is 2.52 bits per heavy atom. The summed E-state index contributed by atoms with van der Waals surface area (Å²) >= 11 is 4.65. The van der Waals surface area contributed by atoms with Crippen molar-refractivity contribution in [2.45, 2.75) is 16.7 Å². The molecule has 0 fully saturated rings. The van der Waals surface area contributed by atoms with Crippen LogP contribution in [0.2, 0.25) is 0 Å². The number of hydrogen-bond acceptors (Lipinski definition) is 3. The molecule has 0 aliphatic heterocycles. The number of hydrogen-bond donors (Lipinski definition) is 1. The van der Waals surface area contributed by atoms with Crippen molar-refractivity contribution in [1.82, 2.24) is 0 Å². The highest BCUT2D eigenvalue weighted by Gasteiger charge is 2.10. The fraction of sp³-hybridized carbons (Fsp3) is 0.143. The van der Waals surface area contributed by atoms with Gasteiger partial charge in [-0.15, -0.1) is 0 Å². The minimum absolute atomic E-state index is 0.0103. The van der Waals surface area contributed by atoms with E-state index in [1.165, 1.54) is 17.8 Å². The number of halogens is 2. The van der Waals surface area contributed by atoms with Crippen molar-refractivity contribution in [3.8, 4) is 0 Å². The number of nitrogens with one attached hydrogen (secondary N) is 1. The molecule has 0 aliphatic rings. The van der Waals surface area contributed by atoms with Gasteiger partial charge in [-0.2, -0.15) is 0 Å². The van der Waals surface area contributed by atoms with Crippen molar-refractivity contribution >= 4 is 43.4 Å². The highest BCUT2D eigenvalue weighted by Crippen LogP contribution is 2.36. The topological polar surface area (TPSA) is 46.2 Å². The first-order valence-electron chi connectivity index (χ1n) is 6.13. The molecule has 0 amide bonds. The molecule has 2 aromatic rings. The van der Waals surface area contributed by atoms with Gasteiger partial charge in [0.25, 0.3) is 0 Å². The van der Waals surface area contributed by atoms with Crippen LogP contribution in [0.3, 0.4) is 0 Å². The van der Waals surface area contributed by atoms with E-state index in [1.807, 2.05) is 0 Å². The molecule has 0 heterocycles. The number of rotatable bonds is 5. The third kappa shape index (κ3) is 4.46. The van der Waals surface area contributed by atoms with Crippen molar-refractivity contribution in [1.29, 1.82) is 0 Å². The highest BCUT2D eigenvalue weighted by atomic mass is 79.9. The van der Waals surface area contributed by atoms with Crippen LogP contribution in [0, 0.1) is 5.82 Å². The normalized spacial score (nSPS) is 11.4. The summed E-state index contributed by atoms with van der Waals surface area (Å²) in [5.74, 6) is -0.277. The highest BCUT2D eigenvalue weighted by molar-refractivity contribution is 9.10. The third-order valence-electron chi connectivity index (χ3n) is 2.64. The van der Waals surface area contributed by atoms with Gasteiger partial charge in [0.2, 0.25) is 10.0 Å². The second-order valence-electron chi connectivity index (χ2n) is 4.18. The minimum Gasteiger partial charge on any atom is -0.284 e. The second kappa shape index (κ2) is 6.81. The van der Waals surface area contributed by atoms with E-state index >= 15 is 0 Å². The van der Waals surface area contributed by atoms with Crippen LogP contribution in [-0.2, 0) is 10.0 Å². The first-order chi connectivity index (χ1) is 9.91. The van der Waals surface area contributed by atoms with E-state index < -0.39 is 10.0 Å². The minimum atomic E-state index is -3.31. The lowest BCUT2D eigenvalue weighted by Crippen LogP contribution is -2.14. The first-order valence-corrected chi connectivity index (χ1v) is 9.40. The van der Waals surface area contributed by atoms with E-state index in [2.05, 4.69) is 20.7 Å². The molecule has 0 saturated heterocycles. The molecule has 0 radical (unpaired) electrons. The van der Waals surface area contributed by atoms with E-state index in [0.29, 0.717) is 15.1 Å². The summed E-state index contributed by atoms with van der Waals surface area (Å²) in [4.78, 5) is 1.32. The molecule has 112 valence electrons. The van der Waals surface area contributed by atoms with Gasteiger partial charge >= 0.3 is 0 Å². The van der Waals surface area contributed by atoms with Crippen molar-refractivity contribution in [3.63, 3.8) is 0 Å². The lowest BCUT2D eigenvalue weighted by Gasteiger charge is -2.09. The van der Waals surface area contributed by atoms with Gasteiger partial charge in [-0.25, -0.2) is 12.8 Å². The van der Waals surface area contributed by atoms with Crippen LogP contribution in [-0.4, -0.2) is 14.2 Å². The summed E-state index contributed by atoms with van der Waals surface area (Å²) < 4.78 is 39.8. The Morgan fingerprint density at radius 1 is 1.19 bits per heavy atom. The zero-order valence-corrected chi connectivity index (χ0v) is 14.4. The van der Waals surface area contributed by atoms with Gasteiger partial charge in [0.15, 0.2) is 0 Å². The smallest absolute Gasteiger partial charge is 0.232 e. The van der Waals surface area contributed by atoms with Crippen molar-refractivity contribution in [3.05, 3.63) is 52.8 Å². The van der Waals surface area contributed by atoms with Crippen LogP contribution < -0.4 is 4.72 Å². The fourth-order valence-corrected chi connectivity index (χ4v) is 3.64. The Balaban J connectivity index is 2.22. The van der Waals surface area contributed by atoms with Gasteiger partial charge in [0.05, 0.1) is 5.75 Å². The Labute approximate surface area is 136 Å². The van der Waals surface area contributed by atoms with Gasteiger partial charge in [0.1, 0.15) is 5.82 Å². The molecule has 2 aromatic carbocycles. The van der Waals surface area contributed by atoms with Crippen LogP contribution in [0.1, 0.15) is 6.92 Å². The Bertz CT molecular complexity index is 750. The van der Waals surface area contributed by atoms with Gasteiger partial charge in [-0.3, -0.25) is 4.72 Å². The number of anilines is 1. The summed E-state index contributed by atoms with van der Waals surface area (Å²) in [6, 6.07) is 11.6. The standard InChI is InChI=1S/C14H13BrFNO2S2/c1-2-21(18,19)17-10-7-8-13(11(15)9-10)20-14-6-4-3-5-12(14)16/h3-9,17H,2H2,1H3. The molecule has 3 nitrogen and oxygen atoms in total. The molecular formula is C14H13BrFNO2S2. The van der Waals surface area contributed by atoms with Crippen LogP contribution in [0.15, 0.2) is 56.7 Å². The molecule has 0 spiro atoms. The van der Waals surface area contributed by atoms with Gasteiger partial charge < -0.3 is 0 Å². The molecule has 0 aliphatic carbocycles. The first kappa shape index (κ1) is 16.3. The van der Waals surface area contributed by atoms with Crippen LogP contribution in [0.5, 0.6) is 0 Å². The summed E-state index contributed by atoms with van der Waals surface area (Å²) in [6.07, 6.45) is 0. The van der Waals surface area contributed by atoms with Gasteiger partial charge in [0, 0.05) is 20.0 Å². The van der Waals surface area contributed by atoms with E-state index in [-0.39, 0.29) is 11.6 Å². The molecule has 2 rings (SSSR count). The zero-order chi connectivity index (χ0) is 15.5. The monoisotopic (exact) mass is 389 g/mol. The quantitative estimate of drug-likeness (QED) is 0.818. The largest absolute Gasteiger partial charge is 0.284 e. The van der Waals surface area contributed by atoms with Crippen LogP contribution >= 0.6 is 27.7 Å². The lowest BCUT2D eigenvalue weighted by atomic mass is 10.3. The fourth-order valence-electron chi connectivity index (χ4n) is 1.54. The van der Waals surface area contributed by atoms with E-state index in [4.69, 9.17) is 0 Å². The molecule has 0 unspecified atom stereocenters. The average Bonchev–Trinajstić information content (AvgIpc) is 2.44. The Kier molecular flexibility index (Phi) is 5.29. The van der Waals surface area contributed by atoms with Crippen molar-refractivity contribution in [2.24, 2.45) is 0 Å². The van der Waals surface area contributed by atoms with Crippen molar-refractivity contribution in [2.75, 3.05) is 10.5 Å². The van der Waals surface area contributed by atoms with Gasteiger partial charge in [-0.1, -0.05) is 23.9 Å². The molecule has 0 saturated carbocycles. The molecule has 0 bridgehead atoms. The predicted octanol–water partition coefficient (Wildman–Crippen LogP) is 4.50. The maximum atomic E-state index is 13.6. The van der Waals surface area contributed by atoms with E-state index in [0.717, 1.165) is 4.90 Å². The zero-order valence-electron chi connectivity index (χ0n) is 11.1.